The number of carbonyl (C=O) groups excluding carboxylic acids is 1. The van der Waals surface area contributed by atoms with Gasteiger partial charge in [-0.2, -0.15) is 0 Å². The zero-order valence-electron chi connectivity index (χ0n) is 23.7. The van der Waals surface area contributed by atoms with Crippen molar-refractivity contribution in [2.45, 2.75) is 95.3 Å². The molecule has 0 unspecified atom stereocenters. The molecule has 3 rings (SSSR count). The summed E-state index contributed by atoms with van der Waals surface area (Å²) >= 11 is 0. The Morgan fingerprint density at radius 1 is 1.16 bits per heavy atom. The van der Waals surface area contributed by atoms with Crippen molar-refractivity contribution >= 4 is 15.8 Å². The molecule has 1 aliphatic rings. The fourth-order valence-corrected chi connectivity index (χ4v) is 7.24. The average Bonchev–Trinajstić information content (AvgIpc) is 2.96. The largest absolute Gasteiger partial charge is 0.496 e. The van der Waals surface area contributed by atoms with E-state index in [2.05, 4.69) is 24.5 Å². The van der Waals surface area contributed by atoms with Crippen LogP contribution >= 0.6 is 0 Å². The van der Waals surface area contributed by atoms with Crippen molar-refractivity contribution in [1.29, 1.82) is 0 Å². The number of ether oxygens (including phenoxy) is 2. The Morgan fingerprint density at radius 2 is 1.87 bits per heavy atom. The molecule has 1 heterocycles. The first kappa shape index (κ1) is 30.1. The van der Waals surface area contributed by atoms with Crippen LogP contribution in [0.2, 0.25) is 0 Å². The van der Waals surface area contributed by atoms with Crippen LogP contribution in [0.4, 0.5) is 0 Å². The SMILES string of the molecule is CCCC[C@]1(CC)CS(=O)(=O)c2cc(CNCCC(=O)OC(C)(C)C)c(OC)cc2[C@@H](c2ccccc2)N1. The summed E-state index contributed by atoms with van der Waals surface area (Å²) in [6, 6.07) is 13.3. The number of sulfone groups is 1. The van der Waals surface area contributed by atoms with Gasteiger partial charge in [-0.3, -0.25) is 10.1 Å². The predicted molar refractivity (Wildman–Crippen MR) is 151 cm³/mol. The Kier molecular flexibility index (Phi) is 10.0. The Morgan fingerprint density at radius 3 is 2.47 bits per heavy atom. The molecule has 8 heteroatoms. The first-order valence-electron chi connectivity index (χ1n) is 13.6. The summed E-state index contributed by atoms with van der Waals surface area (Å²) < 4.78 is 39.0. The fraction of sp³-hybridized carbons (Fsp3) is 0.567. The van der Waals surface area contributed by atoms with Crippen molar-refractivity contribution in [3.05, 3.63) is 59.2 Å². The molecule has 0 fully saturated rings. The van der Waals surface area contributed by atoms with E-state index in [4.69, 9.17) is 9.47 Å². The van der Waals surface area contributed by atoms with Crippen molar-refractivity contribution in [3.8, 4) is 5.75 Å². The van der Waals surface area contributed by atoms with Crippen LogP contribution in [0.15, 0.2) is 47.4 Å². The maximum atomic E-state index is 13.9. The second-order valence-corrected chi connectivity index (χ2v) is 13.2. The number of rotatable bonds is 11. The highest BCUT2D eigenvalue weighted by molar-refractivity contribution is 7.91. The number of unbranched alkanes of at least 4 members (excludes halogenated alkanes) is 1. The van der Waals surface area contributed by atoms with E-state index in [1.165, 1.54) is 0 Å². The van der Waals surface area contributed by atoms with Crippen molar-refractivity contribution in [3.63, 3.8) is 0 Å². The number of hydrogen-bond donors (Lipinski definition) is 2. The highest BCUT2D eigenvalue weighted by Crippen LogP contribution is 2.40. The number of hydrogen-bond acceptors (Lipinski definition) is 7. The van der Waals surface area contributed by atoms with Crippen LogP contribution in [0.3, 0.4) is 0 Å². The lowest BCUT2D eigenvalue weighted by atomic mass is 9.88. The minimum Gasteiger partial charge on any atom is -0.496 e. The van der Waals surface area contributed by atoms with Crippen LogP contribution in [0.25, 0.3) is 0 Å². The minimum absolute atomic E-state index is 0.0463. The maximum Gasteiger partial charge on any atom is 0.307 e. The monoisotopic (exact) mass is 544 g/mol. The van der Waals surface area contributed by atoms with Gasteiger partial charge in [-0.25, -0.2) is 8.42 Å². The number of fused-ring (bicyclic) bond motifs is 1. The second-order valence-electron chi connectivity index (χ2n) is 11.2. The van der Waals surface area contributed by atoms with E-state index in [1.54, 1.807) is 13.2 Å². The minimum atomic E-state index is -3.60. The molecular formula is C30H44N2O5S. The average molecular weight is 545 g/mol. The zero-order valence-corrected chi connectivity index (χ0v) is 24.5. The van der Waals surface area contributed by atoms with Crippen molar-refractivity contribution < 1.29 is 22.7 Å². The van der Waals surface area contributed by atoms with Crippen LogP contribution in [0.1, 0.15) is 89.5 Å². The fourth-order valence-electron chi connectivity index (χ4n) is 5.06. The maximum absolute atomic E-state index is 13.9. The summed E-state index contributed by atoms with van der Waals surface area (Å²) in [4.78, 5) is 12.4. The number of nitrogens with one attached hydrogen (secondary N) is 2. The summed E-state index contributed by atoms with van der Waals surface area (Å²) in [5, 5.41) is 7.04. The van der Waals surface area contributed by atoms with Gasteiger partial charge in [0.15, 0.2) is 9.84 Å². The zero-order chi connectivity index (χ0) is 28.0. The standard InChI is InChI=1S/C30H44N2O5S/c1-7-9-16-30(8-2)21-38(34,35)26-18-23(20-31-17-15-27(33)37-29(3,4)5)25(36-6)19-24(26)28(32-30)22-13-11-10-12-14-22/h10-14,18-19,28,31-32H,7-9,15-17,20-21H2,1-6H3/t28-,30-/m1/s1. The van der Waals surface area contributed by atoms with E-state index in [0.717, 1.165) is 30.4 Å². The summed E-state index contributed by atoms with van der Waals surface area (Å²) in [7, 11) is -2.00. The van der Waals surface area contributed by atoms with E-state index >= 15 is 0 Å². The molecule has 0 saturated heterocycles. The lowest BCUT2D eigenvalue weighted by molar-refractivity contribution is -0.154. The van der Waals surface area contributed by atoms with Gasteiger partial charge in [-0.05, 0) is 56.9 Å². The van der Waals surface area contributed by atoms with Crippen molar-refractivity contribution in [2.75, 3.05) is 19.4 Å². The molecule has 0 bridgehead atoms. The molecule has 2 N–H and O–H groups in total. The van der Waals surface area contributed by atoms with Crippen LogP contribution in [-0.4, -0.2) is 44.9 Å². The quantitative estimate of drug-likeness (QED) is 0.292. The Labute approximate surface area is 228 Å². The Bertz CT molecular complexity index is 1190. The van der Waals surface area contributed by atoms with E-state index in [-0.39, 0.29) is 24.2 Å². The van der Waals surface area contributed by atoms with Gasteiger partial charge in [0, 0.05) is 24.2 Å². The van der Waals surface area contributed by atoms with Gasteiger partial charge in [0.25, 0.3) is 0 Å². The van der Waals surface area contributed by atoms with Crippen molar-refractivity contribution in [2.24, 2.45) is 0 Å². The molecule has 7 nitrogen and oxygen atoms in total. The van der Waals surface area contributed by atoms with Gasteiger partial charge < -0.3 is 14.8 Å². The molecular weight excluding hydrogens is 500 g/mol. The third kappa shape index (κ3) is 7.58. The number of benzene rings is 2. The predicted octanol–water partition coefficient (Wildman–Crippen LogP) is 5.32. The normalized spacial score (nSPS) is 20.8. The highest BCUT2D eigenvalue weighted by atomic mass is 32.2. The van der Waals surface area contributed by atoms with Crippen LogP contribution in [-0.2, 0) is 25.9 Å². The summed E-state index contributed by atoms with van der Waals surface area (Å²) in [6.07, 6.45) is 3.66. The lowest BCUT2D eigenvalue weighted by Crippen LogP contribution is -2.50. The lowest BCUT2D eigenvalue weighted by Gasteiger charge is -2.36. The van der Waals surface area contributed by atoms with Crippen LogP contribution in [0, 0.1) is 0 Å². The van der Waals surface area contributed by atoms with Crippen molar-refractivity contribution in [1.82, 2.24) is 10.6 Å². The molecule has 0 amide bonds. The molecule has 210 valence electrons. The molecule has 0 aromatic heterocycles. The van der Waals surface area contributed by atoms with Gasteiger partial charge in [-0.15, -0.1) is 0 Å². The second kappa shape index (κ2) is 12.6. The molecule has 38 heavy (non-hydrogen) atoms. The van der Waals surface area contributed by atoms with Gasteiger partial charge in [-0.1, -0.05) is 57.0 Å². The van der Waals surface area contributed by atoms with E-state index in [9.17, 15) is 13.2 Å². The van der Waals surface area contributed by atoms with Gasteiger partial charge in [0.2, 0.25) is 0 Å². The molecule has 2 aromatic rings. The topological polar surface area (TPSA) is 93.7 Å². The summed E-state index contributed by atoms with van der Waals surface area (Å²) in [6.45, 7) is 10.5. The summed E-state index contributed by atoms with van der Waals surface area (Å²) in [5.74, 6) is 0.384. The number of esters is 1. The molecule has 0 spiro atoms. The Hall–Kier alpha value is -2.42. The van der Waals surface area contributed by atoms with E-state index in [1.807, 2.05) is 57.2 Å². The van der Waals surface area contributed by atoms with Gasteiger partial charge in [0.1, 0.15) is 11.4 Å². The molecule has 1 aliphatic heterocycles. The Balaban J connectivity index is 1.98. The van der Waals surface area contributed by atoms with Crippen LogP contribution in [0.5, 0.6) is 5.75 Å². The van der Waals surface area contributed by atoms with Crippen LogP contribution < -0.4 is 15.4 Å². The first-order chi connectivity index (χ1) is 17.9. The van der Waals surface area contributed by atoms with E-state index in [0.29, 0.717) is 35.7 Å². The number of carbonyl (C=O) groups is 1. The molecule has 2 atom stereocenters. The first-order valence-corrected chi connectivity index (χ1v) is 15.3. The van der Waals surface area contributed by atoms with E-state index < -0.39 is 21.0 Å². The third-order valence-electron chi connectivity index (χ3n) is 7.04. The van der Waals surface area contributed by atoms with Gasteiger partial charge in [0.05, 0.1) is 30.2 Å². The molecule has 0 saturated carbocycles. The molecule has 0 radical (unpaired) electrons. The molecule has 2 aromatic carbocycles. The summed E-state index contributed by atoms with van der Waals surface area (Å²) in [5.41, 5.74) is 1.40. The third-order valence-corrected chi connectivity index (χ3v) is 8.99. The smallest absolute Gasteiger partial charge is 0.307 e. The highest BCUT2D eigenvalue weighted by Gasteiger charge is 2.42. The number of methoxy groups -OCH3 is 1. The van der Waals surface area contributed by atoms with Gasteiger partial charge >= 0.3 is 5.97 Å². The molecule has 0 aliphatic carbocycles.